The van der Waals surface area contributed by atoms with Gasteiger partial charge in [-0.25, -0.2) is 0 Å². The highest BCUT2D eigenvalue weighted by Gasteiger charge is 2.29. The van der Waals surface area contributed by atoms with Gasteiger partial charge in [0.05, 0.1) is 6.61 Å². The predicted molar refractivity (Wildman–Crippen MR) is 85.3 cm³/mol. The Kier molecular flexibility index (Phi) is 4.66. The average Bonchev–Trinajstić information content (AvgIpc) is 3.07. The summed E-state index contributed by atoms with van der Waals surface area (Å²) in [6.45, 7) is 3.55. The molecule has 1 aromatic carbocycles. The van der Waals surface area contributed by atoms with Crippen LogP contribution in [0.15, 0.2) is 18.2 Å². The predicted octanol–water partition coefficient (Wildman–Crippen LogP) is 2.71. The first-order valence-corrected chi connectivity index (χ1v) is 7.97. The number of nitrogens with one attached hydrogen (secondary N) is 1. The molecule has 21 heavy (non-hydrogen) atoms. The molecule has 2 atom stereocenters. The molecule has 2 aliphatic heterocycles. The Hall–Kier alpha value is -1.26. The highest BCUT2D eigenvalue weighted by atomic mass is 16.5. The Morgan fingerprint density at radius 2 is 2.24 bits per heavy atom. The monoisotopic (exact) mass is 290 g/mol. The van der Waals surface area contributed by atoms with Crippen LogP contribution in [0.2, 0.25) is 0 Å². The molecule has 0 bridgehead atoms. The van der Waals surface area contributed by atoms with Gasteiger partial charge in [0.1, 0.15) is 12.4 Å². The summed E-state index contributed by atoms with van der Waals surface area (Å²) in [5.41, 5.74) is 2.70. The molecule has 1 fully saturated rings. The number of anilines is 1. The number of nitrogens with zero attached hydrogens (tertiary/aromatic N) is 1. The van der Waals surface area contributed by atoms with Gasteiger partial charge in [-0.15, -0.1) is 0 Å². The largest absolute Gasteiger partial charge is 0.491 e. The maximum absolute atomic E-state index is 5.75. The van der Waals surface area contributed by atoms with E-state index in [-0.39, 0.29) is 0 Å². The summed E-state index contributed by atoms with van der Waals surface area (Å²) in [4.78, 5) is 2.51. The number of hydrogen-bond donors (Lipinski definition) is 1. The molecule has 1 saturated heterocycles. The van der Waals surface area contributed by atoms with E-state index in [1.807, 2.05) is 6.07 Å². The van der Waals surface area contributed by atoms with Crippen molar-refractivity contribution >= 4 is 5.69 Å². The molecule has 1 unspecified atom stereocenters. The third-order valence-electron chi connectivity index (χ3n) is 4.79. The first-order chi connectivity index (χ1) is 10.3. The molecule has 0 aliphatic carbocycles. The zero-order valence-corrected chi connectivity index (χ0v) is 13.1. The van der Waals surface area contributed by atoms with Crippen LogP contribution in [0.5, 0.6) is 5.75 Å². The molecule has 0 amide bonds. The number of fused-ring (bicyclic) bond motifs is 1. The molecule has 1 aromatic rings. The molecule has 4 heteroatoms. The van der Waals surface area contributed by atoms with E-state index in [2.05, 4.69) is 29.4 Å². The maximum Gasteiger partial charge on any atom is 0.119 e. The van der Waals surface area contributed by atoms with Gasteiger partial charge in [0, 0.05) is 31.3 Å². The van der Waals surface area contributed by atoms with Gasteiger partial charge in [-0.05, 0) is 56.6 Å². The van der Waals surface area contributed by atoms with E-state index in [0.717, 1.165) is 18.3 Å². The van der Waals surface area contributed by atoms with E-state index in [1.54, 1.807) is 7.11 Å². The van der Waals surface area contributed by atoms with Crippen molar-refractivity contribution in [3.8, 4) is 5.75 Å². The van der Waals surface area contributed by atoms with Crippen LogP contribution in [0.1, 0.15) is 30.7 Å². The number of hydrogen-bond acceptors (Lipinski definition) is 4. The summed E-state index contributed by atoms with van der Waals surface area (Å²) in [7, 11) is 3.95. The Balaban J connectivity index is 1.66. The van der Waals surface area contributed by atoms with E-state index in [4.69, 9.17) is 9.47 Å². The summed E-state index contributed by atoms with van der Waals surface area (Å²) in [5, 5.41) is 3.53. The summed E-state index contributed by atoms with van der Waals surface area (Å²) in [6.07, 6.45) is 3.93. The van der Waals surface area contributed by atoms with E-state index in [1.165, 1.54) is 37.1 Å². The smallest absolute Gasteiger partial charge is 0.119 e. The highest BCUT2D eigenvalue weighted by molar-refractivity contribution is 5.60. The van der Waals surface area contributed by atoms with Crippen molar-refractivity contribution in [3.63, 3.8) is 0 Å². The summed E-state index contributed by atoms with van der Waals surface area (Å²) in [5.74, 6) is 1.57. The lowest BCUT2D eigenvalue weighted by Gasteiger charge is -2.23. The van der Waals surface area contributed by atoms with Gasteiger partial charge in [-0.3, -0.25) is 0 Å². The topological polar surface area (TPSA) is 33.7 Å². The van der Waals surface area contributed by atoms with Crippen molar-refractivity contribution < 1.29 is 9.47 Å². The lowest BCUT2D eigenvalue weighted by molar-refractivity contribution is 0.146. The van der Waals surface area contributed by atoms with Gasteiger partial charge in [-0.1, -0.05) is 0 Å². The van der Waals surface area contributed by atoms with Crippen LogP contribution in [0.25, 0.3) is 0 Å². The second kappa shape index (κ2) is 6.67. The average molecular weight is 290 g/mol. The molecule has 1 N–H and O–H groups in total. The Morgan fingerprint density at radius 1 is 1.33 bits per heavy atom. The van der Waals surface area contributed by atoms with Crippen molar-refractivity contribution in [2.75, 3.05) is 45.8 Å². The fourth-order valence-corrected chi connectivity index (χ4v) is 3.53. The number of benzene rings is 1. The Labute approximate surface area is 127 Å². The molecular formula is C17H26N2O2. The van der Waals surface area contributed by atoms with E-state index < -0.39 is 0 Å². The van der Waals surface area contributed by atoms with Crippen LogP contribution in [-0.4, -0.2) is 51.4 Å². The van der Waals surface area contributed by atoms with Crippen LogP contribution >= 0.6 is 0 Å². The second-order valence-corrected chi connectivity index (χ2v) is 6.18. The summed E-state index contributed by atoms with van der Waals surface area (Å²) >= 11 is 0. The number of rotatable bonds is 6. The van der Waals surface area contributed by atoms with Crippen molar-refractivity contribution in [2.24, 2.45) is 0 Å². The summed E-state index contributed by atoms with van der Waals surface area (Å²) in [6, 6.07) is 7.15. The van der Waals surface area contributed by atoms with Gasteiger partial charge in [-0.2, -0.15) is 0 Å². The van der Waals surface area contributed by atoms with Gasteiger partial charge >= 0.3 is 0 Å². The zero-order chi connectivity index (χ0) is 14.7. The third-order valence-corrected chi connectivity index (χ3v) is 4.79. The van der Waals surface area contributed by atoms with Gasteiger partial charge in [0.25, 0.3) is 0 Å². The van der Waals surface area contributed by atoms with Crippen LogP contribution in [0.3, 0.4) is 0 Å². The Morgan fingerprint density at radius 3 is 3.00 bits per heavy atom. The molecule has 4 nitrogen and oxygen atoms in total. The lowest BCUT2D eigenvalue weighted by atomic mass is 9.93. The van der Waals surface area contributed by atoms with E-state index in [0.29, 0.717) is 19.1 Å². The molecule has 116 valence electrons. The molecule has 2 aliphatic rings. The standard InChI is InChI=1S/C17H26N2O2/c1-19-7-3-4-14(19)10-13-12-18-17-6-5-15(11-16(13)17)21-9-8-20-2/h5-6,11,13-14,18H,3-4,7-10,12H2,1-2H3/t13?,14-/m1/s1. The second-order valence-electron chi connectivity index (χ2n) is 6.18. The fourth-order valence-electron chi connectivity index (χ4n) is 3.53. The number of ether oxygens (including phenoxy) is 2. The minimum atomic E-state index is 0.608. The fraction of sp³-hybridized carbons (Fsp3) is 0.647. The van der Waals surface area contributed by atoms with E-state index in [9.17, 15) is 0 Å². The molecular weight excluding hydrogens is 264 g/mol. The minimum Gasteiger partial charge on any atom is -0.491 e. The molecule has 2 heterocycles. The van der Waals surface area contributed by atoms with Crippen LogP contribution in [-0.2, 0) is 4.74 Å². The SMILES string of the molecule is COCCOc1ccc2c(c1)C(C[C@H]1CCCN1C)CN2. The van der Waals surface area contributed by atoms with E-state index >= 15 is 0 Å². The van der Waals surface area contributed by atoms with Crippen molar-refractivity contribution in [2.45, 2.75) is 31.2 Å². The molecule has 0 aromatic heterocycles. The van der Waals surface area contributed by atoms with Gasteiger partial charge in [0.15, 0.2) is 0 Å². The van der Waals surface area contributed by atoms with Crippen LogP contribution in [0, 0.1) is 0 Å². The molecule has 0 radical (unpaired) electrons. The normalized spacial score (nSPS) is 24.9. The molecule has 0 spiro atoms. The zero-order valence-electron chi connectivity index (χ0n) is 13.1. The Bertz CT molecular complexity index is 478. The maximum atomic E-state index is 5.75. The first-order valence-electron chi connectivity index (χ1n) is 7.97. The van der Waals surface area contributed by atoms with Crippen LogP contribution < -0.4 is 10.1 Å². The van der Waals surface area contributed by atoms with Crippen molar-refractivity contribution in [3.05, 3.63) is 23.8 Å². The summed E-state index contributed by atoms with van der Waals surface area (Å²) < 4.78 is 10.8. The first kappa shape index (κ1) is 14.7. The minimum absolute atomic E-state index is 0.608. The highest BCUT2D eigenvalue weighted by Crippen LogP contribution is 2.38. The quantitative estimate of drug-likeness (QED) is 0.817. The van der Waals surface area contributed by atoms with Gasteiger partial charge in [0.2, 0.25) is 0 Å². The van der Waals surface area contributed by atoms with Crippen LogP contribution in [0.4, 0.5) is 5.69 Å². The number of methoxy groups -OCH3 is 1. The molecule has 0 saturated carbocycles. The third kappa shape index (κ3) is 3.33. The van der Waals surface area contributed by atoms with Crippen molar-refractivity contribution in [1.29, 1.82) is 0 Å². The molecule has 3 rings (SSSR count). The number of likely N-dealkylation sites (tertiary alicyclic amines) is 1. The lowest BCUT2D eigenvalue weighted by Crippen LogP contribution is -2.27. The van der Waals surface area contributed by atoms with Gasteiger partial charge < -0.3 is 19.7 Å². The van der Waals surface area contributed by atoms with Crippen molar-refractivity contribution in [1.82, 2.24) is 4.90 Å².